The van der Waals surface area contributed by atoms with Gasteiger partial charge in [-0.3, -0.25) is 9.59 Å². The number of hydrogen-bond donors (Lipinski definition) is 2. The number of nitrogens with one attached hydrogen (secondary N) is 2. The zero-order chi connectivity index (χ0) is 17.0. The lowest BCUT2D eigenvalue weighted by molar-refractivity contribution is -0.114. The average Bonchev–Trinajstić information content (AvgIpc) is 2.50. The second-order valence-corrected chi connectivity index (χ2v) is 5.01. The topological polar surface area (TPSA) is 67.4 Å². The van der Waals surface area contributed by atoms with Crippen molar-refractivity contribution in [3.8, 4) is 5.75 Å². The van der Waals surface area contributed by atoms with Crippen molar-refractivity contribution in [2.24, 2.45) is 0 Å². The number of anilines is 2. The summed E-state index contributed by atoms with van der Waals surface area (Å²) in [5.74, 6) is -0.708. The first-order chi connectivity index (χ1) is 10.9. The van der Waals surface area contributed by atoms with Crippen molar-refractivity contribution in [3.05, 3.63) is 53.3 Å². The summed E-state index contributed by atoms with van der Waals surface area (Å²) in [7, 11) is 1.46. The second-order valence-electron chi connectivity index (χ2n) is 5.01. The van der Waals surface area contributed by atoms with E-state index < -0.39 is 11.7 Å². The molecule has 2 rings (SSSR count). The van der Waals surface area contributed by atoms with Gasteiger partial charge in [-0.2, -0.15) is 0 Å². The van der Waals surface area contributed by atoms with Gasteiger partial charge >= 0.3 is 0 Å². The highest BCUT2D eigenvalue weighted by molar-refractivity contribution is 6.05. The SMILES string of the molecule is COc1cc(NC(=O)c2cc(F)ccc2C)ccc1NC(C)=O. The Kier molecular flexibility index (Phi) is 4.95. The number of aryl methyl sites for hydroxylation is 1. The molecule has 120 valence electrons. The molecule has 0 aliphatic carbocycles. The minimum absolute atomic E-state index is 0.226. The molecule has 0 fully saturated rings. The Balaban J connectivity index is 2.24. The van der Waals surface area contributed by atoms with Crippen LogP contribution in [0.4, 0.5) is 15.8 Å². The Labute approximate surface area is 133 Å². The normalized spacial score (nSPS) is 10.1. The molecule has 0 heterocycles. The molecule has 0 unspecified atom stereocenters. The maximum atomic E-state index is 13.3. The summed E-state index contributed by atoms with van der Waals surface area (Å²) >= 11 is 0. The van der Waals surface area contributed by atoms with Gasteiger partial charge in [-0.05, 0) is 36.8 Å². The monoisotopic (exact) mass is 316 g/mol. The van der Waals surface area contributed by atoms with Crippen molar-refractivity contribution in [2.75, 3.05) is 17.7 Å². The molecule has 2 aromatic carbocycles. The van der Waals surface area contributed by atoms with Gasteiger partial charge in [0, 0.05) is 24.2 Å². The fraction of sp³-hybridized carbons (Fsp3) is 0.176. The number of benzene rings is 2. The van der Waals surface area contributed by atoms with Crippen molar-refractivity contribution in [3.63, 3.8) is 0 Å². The van der Waals surface area contributed by atoms with Crippen LogP contribution in [0.25, 0.3) is 0 Å². The lowest BCUT2D eigenvalue weighted by Gasteiger charge is -2.12. The first kappa shape index (κ1) is 16.5. The summed E-state index contributed by atoms with van der Waals surface area (Å²) < 4.78 is 18.5. The van der Waals surface area contributed by atoms with Gasteiger partial charge in [0.2, 0.25) is 5.91 Å². The van der Waals surface area contributed by atoms with Crippen LogP contribution in [0.3, 0.4) is 0 Å². The lowest BCUT2D eigenvalue weighted by Crippen LogP contribution is -2.14. The minimum atomic E-state index is -0.473. The van der Waals surface area contributed by atoms with Crippen LogP contribution in [-0.2, 0) is 4.79 Å². The Bertz CT molecular complexity index is 759. The van der Waals surface area contributed by atoms with E-state index in [4.69, 9.17) is 4.74 Å². The number of carbonyl (C=O) groups is 2. The summed E-state index contributed by atoms with van der Waals surface area (Å²) in [6.45, 7) is 3.12. The van der Waals surface area contributed by atoms with Gasteiger partial charge in [-0.1, -0.05) is 6.07 Å². The Morgan fingerprint density at radius 3 is 2.48 bits per heavy atom. The Hall–Kier alpha value is -2.89. The molecule has 0 spiro atoms. The van der Waals surface area contributed by atoms with E-state index >= 15 is 0 Å². The van der Waals surface area contributed by atoms with E-state index in [2.05, 4.69) is 10.6 Å². The van der Waals surface area contributed by atoms with Gasteiger partial charge in [-0.15, -0.1) is 0 Å². The van der Waals surface area contributed by atoms with Gasteiger partial charge < -0.3 is 15.4 Å². The molecule has 0 saturated heterocycles. The predicted molar refractivity (Wildman–Crippen MR) is 86.4 cm³/mol. The van der Waals surface area contributed by atoms with E-state index in [1.165, 1.54) is 26.2 Å². The summed E-state index contributed by atoms with van der Waals surface area (Å²) in [6, 6.07) is 8.86. The van der Waals surface area contributed by atoms with Crippen LogP contribution >= 0.6 is 0 Å². The first-order valence-corrected chi connectivity index (χ1v) is 6.94. The summed E-state index contributed by atoms with van der Waals surface area (Å²) in [4.78, 5) is 23.4. The molecule has 0 aliphatic heterocycles. The molecule has 5 nitrogen and oxygen atoms in total. The van der Waals surface area contributed by atoms with Gasteiger partial charge in [0.1, 0.15) is 11.6 Å². The number of rotatable bonds is 4. The van der Waals surface area contributed by atoms with Crippen molar-refractivity contribution < 1.29 is 18.7 Å². The number of carbonyl (C=O) groups excluding carboxylic acids is 2. The molecule has 0 saturated carbocycles. The van der Waals surface area contributed by atoms with Gasteiger partial charge in [0.25, 0.3) is 5.91 Å². The average molecular weight is 316 g/mol. The molecular formula is C17H17FN2O3. The predicted octanol–water partition coefficient (Wildman–Crippen LogP) is 3.35. The zero-order valence-electron chi connectivity index (χ0n) is 13.1. The van der Waals surface area contributed by atoms with E-state index in [0.717, 1.165) is 0 Å². The van der Waals surface area contributed by atoms with Crippen molar-refractivity contribution in [1.29, 1.82) is 0 Å². The first-order valence-electron chi connectivity index (χ1n) is 6.94. The third kappa shape index (κ3) is 4.06. The molecule has 0 atom stereocenters. The van der Waals surface area contributed by atoms with Crippen LogP contribution in [-0.4, -0.2) is 18.9 Å². The number of hydrogen-bond acceptors (Lipinski definition) is 3. The second kappa shape index (κ2) is 6.91. The molecule has 0 aliphatic rings. The van der Waals surface area contributed by atoms with Crippen LogP contribution in [0, 0.1) is 12.7 Å². The van der Waals surface area contributed by atoms with Gasteiger partial charge in [-0.25, -0.2) is 4.39 Å². The van der Waals surface area contributed by atoms with E-state index in [0.29, 0.717) is 22.7 Å². The third-order valence-corrected chi connectivity index (χ3v) is 3.21. The molecule has 0 radical (unpaired) electrons. The number of ether oxygens (including phenoxy) is 1. The molecule has 2 N–H and O–H groups in total. The quantitative estimate of drug-likeness (QED) is 0.909. The number of halogens is 1. The molecule has 0 aromatic heterocycles. The summed E-state index contributed by atoms with van der Waals surface area (Å²) in [5, 5.41) is 5.31. The fourth-order valence-electron chi connectivity index (χ4n) is 2.10. The van der Waals surface area contributed by atoms with E-state index in [9.17, 15) is 14.0 Å². The third-order valence-electron chi connectivity index (χ3n) is 3.21. The van der Waals surface area contributed by atoms with Crippen molar-refractivity contribution in [2.45, 2.75) is 13.8 Å². The van der Waals surface area contributed by atoms with Crippen LogP contribution in [0.1, 0.15) is 22.8 Å². The summed E-state index contributed by atoms with van der Waals surface area (Å²) in [5.41, 5.74) is 1.91. The highest BCUT2D eigenvalue weighted by Gasteiger charge is 2.12. The molecule has 6 heteroatoms. The van der Waals surface area contributed by atoms with E-state index in [1.807, 2.05) is 0 Å². The van der Waals surface area contributed by atoms with Crippen LogP contribution < -0.4 is 15.4 Å². The van der Waals surface area contributed by atoms with Gasteiger partial charge in [0.15, 0.2) is 0 Å². The standard InChI is InChI=1S/C17H17FN2O3/c1-10-4-5-12(18)8-14(10)17(22)20-13-6-7-15(19-11(2)21)16(9-13)23-3/h4-9H,1-3H3,(H,19,21)(H,20,22). The molecule has 2 aromatic rings. The number of methoxy groups -OCH3 is 1. The van der Waals surface area contributed by atoms with Crippen LogP contribution in [0.15, 0.2) is 36.4 Å². The van der Waals surface area contributed by atoms with Crippen molar-refractivity contribution >= 4 is 23.2 Å². The maximum absolute atomic E-state index is 13.3. The van der Waals surface area contributed by atoms with Gasteiger partial charge in [0.05, 0.1) is 12.8 Å². The number of amides is 2. The fourth-order valence-corrected chi connectivity index (χ4v) is 2.10. The molecule has 2 amide bonds. The summed E-state index contributed by atoms with van der Waals surface area (Å²) in [6.07, 6.45) is 0. The highest BCUT2D eigenvalue weighted by Crippen LogP contribution is 2.28. The zero-order valence-corrected chi connectivity index (χ0v) is 13.1. The smallest absolute Gasteiger partial charge is 0.256 e. The minimum Gasteiger partial charge on any atom is -0.494 e. The van der Waals surface area contributed by atoms with Crippen molar-refractivity contribution in [1.82, 2.24) is 0 Å². The molecular weight excluding hydrogens is 299 g/mol. The van der Waals surface area contributed by atoms with Crippen LogP contribution in [0.5, 0.6) is 5.75 Å². The van der Waals surface area contributed by atoms with E-state index in [1.54, 1.807) is 31.2 Å². The van der Waals surface area contributed by atoms with Crippen LogP contribution in [0.2, 0.25) is 0 Å². The van der Waals surface area contributed by atoms with E-state index in [-0.39, 0.29) is 11.5 Å². The highest BCUT2D eigenvalue weighted by atomic mass is 19.1. The Morgan fingerprint density at radius 2 is 1.83 bits per heavy atom. The molecule has 0 bridgehead atoms. The largest absolute Gasteiger partial charge is 0.494 e. The maximum Gasteiger partial charge on any atom is 0.256 e. The lowest BCUT2D eigenvalue weighted by atomic mass is 10.1. The Morgan fingerprint density at radius 1 is 1.09 bits per heavy atom. The molecule has 23 heavy (non-hydrogen) atoms.